The number of nitrogens with one attached hydrogen (secondary N) is 3. The summed E-state index contributed by atoms with van der Waals surface area (Å²) in [5, 5.41) is 14.9. The van der Waals surface area contributed by atoms with Crippen LogP contribution in [-0.4, -0.2) is 65.8 Å². The molecule has 3 aromatic rings. The molecule has 0 radical (unpaired) electrons. The van der Waals surface area contributed by atoms with E-state index in [0.29, 0.717) is 28.6 Å². The number of ketones is 2. The van der Waals surface area contributed by atoms with Crippen molar-refractivity contribution in [3.63, 3.8) is 0 Å². The molecule has 0 aliphatic heterocycles. The standard InChI is InChI=1S/C23H26N4O3/c1-24-8-6-13-11-25-17-5-4-15(22(29)19(13)17)16-10-18(28)21-20(23(16)30)14(12-26-21)7-9-27(2)3/h4-5,10-12,24-26,29H,6-9H2,1-3H3. The van der Waals surface area contributed by atoms with E-state index < -0.39 is 0 Å². The van der Waals surface area contributed by atoms with Gasteiger partial charge in [0, 0.05) is 41.0 Å². The number of phenols is 1. The molecular formula is C23H26N4O3. The summed E-state index contributed by atoms with van der Waals surface area (Å²) >= 11 is 0. The fourth-order valence-electron chi connectivity index (χ4n) is 4.01. The van der Waals surface area contributed by atoms with Crippen LogP contribution in [0, 0.1) is 0 Å². The second-order valence-electron chi connectivity index (χ2n) is 7.92. The van der Waals surface area contributed by atoms with Crippen LogP contribution in [0.4, 0.5) is 0 Å². The Hall–Kier alpha value is -3.16. The smallest absolute Gasteiger partial charge is 0.203 e. The van der Waals surface area contributed by atoms with Crippen molar-refractivity contribution in [2.24, 2.45) is 0 Å². The number of carbonyl (C=O) groups excluding carboxylic acids is 2. The monoisotopic (exact) mass is 406 g/mol. The highest BCUT2D eigenvalue weighted by atomic mass is 16.3. The molecule has 4 N–H and O–H groups in total. The summed E-state index contributed by atoms with van der Waals surface area (Å²) in [6.07, 6.45) is 6.33. The van der Waals surface area contributed by atoms with Gasteiger partial charge < -0.3 is 25.3 Å². The van der Waals surface area contributed by atoms with Crippen molar-refractivity contribution in [1.29, 1.82) is 0 Å². The molecule has 2 heterocycles. The number of Topliss-reactive ketones (excluding diaryl/α,β-unsaturated/α-hetero) is 1. The molecule has 0 unspecified atom stereocenters. The first kappa shape index (κ1) is 20.1. The van der Waals surface area contributed by atoms with Crippen molar-refractivity contribution in [3.8, 4) is 5.75 Å². The Labute approximate surface area is 174 Å². The van der Waals surface area contributed by atoms with Crippen molar-refractivity contribution >= 4 is 28.0 Å². The molecular weight excluding hydrogens is 380 g/mol. The Morgan fingerprint density at radius 1 is 1.07 bits per heavy atom. The maximum atomic E-state index is 13.4. The van der Waals surface area contributed by atoms with Crippen LogP contribution >= 0.6 is 0 Å². The third-order valence-corrected chi connectivity index (χ3v) is 5.62. The van der Waals surface area contributed by atoms with Crippen LogP contribution < -0.4 is 5.32 Å². The van der Waals surface area contributed by atoms with Gasteiger partial charge in [-0.1, -0.05) is 0 Å². The molecule has 1 aromatic carbocycles. The highest BCUT2D eigenvalue weighted by Gasteiger charge is 2.32. The van der Waals surface area contributed by atoms with Crippen LogP contribution in [0.5, 0.6) is 5.75 Å². The van der Waals surface area contributed by atoms with Gasteiger partial charge in [-0.15, -0.1) is 0 Å². The van der Waals surface area contributed by atoms with E-state index in [2.05, 4.69) is 15.3 Å². The number of aromatic amines is 2. The second-order valence-corrected chi connectivity index (χ2v) is 7.92. The third kappa shape index (κ3) is 3.36. The van der Waals surface area contributed by atoms with Gasteiger partial charge in [-0.2, -0.15) is 0 Å². The molecule has 4 rings (SSSR count). The minimum absolute atomic E-state index is 0.0288. The third-order valence-electron chi connectivity index (χ3n) is 5.62. The SMILES string of the molecule is CNCCc1c[nH]c2ccc(C3=CC(=O)c4[nH]cc(CCN(C)C)c4C3=O)c(O)c12. The molecule has 1 aliphatic rings. The van der Waals surface area contributed by atoms with Gasteiger partial charge in [0.25, 0.3) is 0 Å². The van der Waals surface area contributed by atoms with Crippen molar-refractivity contribution in [1.82, 2.24) is 20.2 Å². The first-order valence-electron chi connectivity index (χ1n) is 10.0. The topological polar surface area (TPSA) is 101 Å². The van der Waals surface area contributed by atoms with E-state index in [9.17, 15) is 14.7 Å². The Morgan fingerprint density at radius 2 is 1.83 bits per heavy atom. The largest absolute Gasteiger partial charge is 0.507 e. The lowest BCUT2D eigenvalue weighted by atomic mass is 9.86. The van der Waals surface area contributed by atoms with Crippen molar-refractivity contribution in [2.45, 2.75) is 12.8 Å². The van der Waals surface area contributed by atoms with E-state index in [1.165, 1.54) is 6.08 Å². The van der Waals surface area contributed by atoms with Gasteiger partial charge >= 0.3 is 0 Å². The van der Waals surface area contributed by atoms with Crippen molar-refractivity contribution < 1.29 is 14.7 Å². The number of aromatic nitrogens is 2. The fraction of sp³-hybridized carbons (Fsp3) is 0.304. The van der Waals surface area contributed by atoms with E-state index in [0.717, 1.165) is 36.2 Å². The number of hydrogen-bond acceptors (Lipinski definition) is 5. The van der Waals surface area contributed by atoms with E-state index in [4.69, 9.17) is 0 Å². The van der Waals surface area contributed by atoms with Gasteiger partial charge in [0.05, 0.1) is 11.3 Å². The number of allylic oxidation sites excluding steroid dienone is 2. The second kappa shape index (κ2) is 7.93. The summed E-state index contributed by atoms with van der Waals surface area (Å²) in [6, 6.07) is 3.54. The number of benzene rings is 1. The van der Waals surface area contributed by atoms with Crippen LogP contribution in [0.25, 0.3) is 16.5 Å². The number of aromatic hydroxyl groups is 1. The number of phenolic OH excluding ortho intramolecular Hbond substituents is 1. The van der Waals surface area contributed by atoms with Crippen LogP contribution in [0.3, 0.4) is 0 Å². The molecule has 7 nitrogen and oxygen atoms in total. The van der Waals surface area contributed by atoms with E-state index in [1.807, 2.05) is 38.3 Å². The number of likely N-dealkylation sites (N-methyl/N-ethyl adjacent to an activating group) is 2. The van der Waals surface area contributed by atoms with Gasteiger partial charge in [-0.25, -0.2) is 0 Å². The summed E-state index contributed by atoms with van der Waals surface area (Å²) in [4.78, 5) is 34.3. The summed E-state index contributed by atoms with van der Waals surface area (Å²) in [6.45, 7) is 1.53. The maximum Gasteiger partial charge on any atom is 0.203 e. The zero-order chi connectivity index (χ0) is 21.4. The zero-order valence-corrected chi connectivity index (χ0v) is 17.4. The molecule has 0 saturated heterocycles. The summed E-state index contributed by atoms with van der Waals surface area (Å²) in [5.41, 5.74) is 3.95. The zero-order valence-electron chi connectivity index (χ0n) is 17.4. The van der Waals surface area contributed by atoms with Gasteiger partial charge in [0.15, 0.2) is 5.78 Å². The molecule has 0 saturated carbocycles. The number of rotatable bonds is 7. The predicted molar refractivity (Wildman–Crippen MR) is 117 cm³/mol. The van der Waals surface area contributed by atoms with E-state index in [1.54, 1.807) is 12.3 Å². The lowest BCUT2D eigenvalue weighted by molar-refractivity contribution is 0.0998. The minimum Gasteiger partial charge on any atom is -0.507 e. The van der Waals surface area contributed by atoms with Gasteiger partial charge in [-0.05, 0) is 69.9 Å². The molecule has 7 heteroatoms. The molecule has 0 atom stereocenters. The van der Waals surface area contributed by atoms with Crippen LogP contribution in [0.1, 0.15) is 37.5 Å². The maximum absolute atomic E-state index is 13.4. The predicted octanol–water partition coefficient (Wildman–Crippen LogP) is 2.53. The summed E-state index contributed by atoms with van der Waals surface area (Å²) in [7, 11) is 5.81. The molecule has 0 amide bonds. The summed E-state index contributed by atoms with van der Waals surface area (Å²) in [5.74, 6) is -0.456. The molecule has 0 fully saturated rings. The fourth-order valence-corrected chi connectivity index (χ4v) is 4.01. The van der Waals surface area contributed by atoms with Crippen molar-refractivity contribution in [3.05, 3.63) is 58.6 Å². The number of H-pyrrole nitrogens is 2. The number of nitrogens with zero attached hydrogens (tertiary/aromatic N) is 1. The van der Waals surface area contributed by atoms with E-state index >= 15 is 0 Å². The quantitative estimate of drug-likeness (QED) is 0.483. The molecule has 30 heavy (non-hydrogen) atoms. The lowest BCUT2D eigenvalue weighted by Crippen LogP contribution is -2.19. The highest BCUT2D eigenvalue weighted by molar-refractivity contribution is 6.39. The Morgan fingerprint density at radius 3 is 2.57 bits per heavy atom. The Bertz CT molecular complexity index is 1170. The Kier molecular flexibility index (Phi) is 5.32. The van der Waals surface area contributed by atoms with Crippen LogP contribution in [-0.2, 0) is 12.8 Å². The molecule has 0 spiro atoms. The van der Waals surface area contributed by atoms with Gasteiger partial charge in [0.2, 0.25) is 5.78 Å². The average molecular weight is 406 g/mol. The average Bonchev–Trinajstić information content (AvgIpc) is 3.33. The molecule has 1 aliphatic carbocycles. The first-order chi connectivity index (χ1) is 14.4. The minimum atomic E-state index is -0.250. The number of hydrogen-bond donors (Lipinski definition) is 4. The normalized spacial score (nSPS) is 13.9. The van der Waals surface area contributed by atoms with Crippen LogP contribution in [0.15, 0.2) is 30.6 Å². The number of fused-ring (bicyclic) bond motifs is 2. The van der Waals surface area contributed by atoms with E-state index in [-0.39, 0.29) is 22.9 Å². The van der Waals surface area contributed by atoms with Gasteiger partial charge in [0.1, 0.15) is 5.75 Å². The lowest BCUT2D eigenvalue weighted by Gasteiger charge is -2.16. The first-order valence-corrected chi connectivity index (χ1v) is 10.0. The highest BCUT2D eigenvalue weighted by Crippen LogP contribution is 2.39. The number of carbonyl (C=O) groups is 2. The van der Waals surface area contributed by atoms with Crippen molar-refractivity contribution in [2.75, 3.05) is 34.2 Å². The molecule has 2 aromatic heterocycles. The van der Waals surface area contributed by atoms with Crippen LogP contribution in [0.2, 0.25) is 0 Å². The molecule has 0 bridgehead atoms. The van der Waals surface area contributed by atoms with Gasteiger partial charge in [-0.3, -0.25) is 9.59 Å². The molecule has 156 valence electrons. The Balaban J connectivity index is 1.77. The summed E-state index contributed by atoms with van der Waals surface area (Å²) < 4.78 is 0.